The second kappa shape index (κ2) is 9.18. The maximum absolute atomic E-state index is 13.5. The van der Waals surface area contributed by atoms with Gasteiger partial charge in [0.05, 0.1) is 28.4 Å². The molecule has 1 saturated heterocycles. The van der Waals surface area contributed by atoms with E-state index in [0.717, 1.165) is 16.0 Å². The molecule has 0 bridgehead atoms. The molecule has 2 aliphatic rings. The number of hydrogen-bond acceptors (Lipinski definition) is 8. The summed E-state index contributed by atoms with van der Waals surface area (Å²) in [5.74, 6) is -0.530. The van der Waals surface area contributed by atoms with Crippen LogP contribution in [-0.2, 0) is 16.0 Å². The number of aliphatic hydroxyl groups excluding tert-OH is 1. The Labute approximate surface area is 222 Å². The fourth-order valence-electron chi connectivity index (χ4n) is 5.02. The summed E-state index contributed by atoms with van der Waals surface area (Å²) >= 11 is 1.25. The van der Waals surface area contributed by atoms with Gasteiger partial charge in [-0.2, -0.15) is 0 Å². The predicted octanol–water partition coefficient (Wildman–Crippen LogP) is 5.35. The lowest BCUT2D eigenvalue weighted by atomic mass is 9.94. The van der Waals surface area contributed by atoms with Crippen molar-refractivity contribution in [3.63, 3.8) is 0 Å². The Bertz CT molecular complexity index is 1640. The average molecular weight is 529 g/mol. The van der Waals surface area contributed by atoms with E-state index < -0.39 is 17.7 Å². The largest absolute Gasteiger partial charge is 0.508 e. The lowest BCUT2D eigenvalue weighted by Gasteiger charge is -2.23. The van der Waals surface area contributed by atoms with Crippen molar-refractivity contribution in [2.45, 2.75) is 32.4 Å². The molecule has 2 aliphatic heterocycles. The maximum Gasteiger partial charge on any atom is 0.301 e. The normalized spacial score (nSPS) is 20.1. The first-order valence-electron chi connectivity index (χ1n) is 12.3. The molecule has 0 spiro atoms. The highest BCUT2D eigenvalue weighted by atomic mass is 32.1. The molecule has 9 heteroatoms. The number of aromatic nitrogens is 1. The third-order valence-electron chi connectivity index (χ3n) is 6.67. The van der Waals surface area contributed by atoms with Gasteiger partial charge in [-0.25, -0.2) is 4.98 Å². The Kier molecular flexibility index (Phi) is 5.80. The molecule has 1 aromatic heterocycles. The lowest BCUT2D eigenvalue weighted by Crippen LogP contribution is -2.29. The predicted molar refractivity (Wildman–Crippen MR) is 144 cm³/mol. The van der Waals surface area contributed by atoms with E-state index in [4.69, 9.17) is 9.47 Å². The van der Waals surface area contributed by atoms with Crippen LogP contribution >= 0.6 is 11.3 Å². The minimum absolute atomic E-state index is 0.0162. The van der Waals surface area contributed by atoms with E-state index in [1.807, 2.05) is 19.9 Å². The molecule has 2 atom stereocenters. The summed E-state index contributed by atoms with van der Waals surface area (Å²) in [5.41, 5.74) is 2.38. The number of carbonyl (C=O) groups excluding carboxylic acids is 2. The van der Waals surface area contributed by atoms with Gasteiger partial charge in [0.2, 0.25) is 0 Å². The van der Waals surface area contributed by atoms with Crippen molar-refractivity contribution in [2.24, 2.45) is 0 Å². The lowest BCUT2D eigenvalue weighted by molar-refractivity contribution is -0.132. The molecule has 3 aromatic carbocycles. The average Bonchev–Trinajstić information content (AvgIpc) is 3.56. The number of Topliss-reactive ketones (excluding diaryl/α,β-unsaturated/α-hetero) is 1. The van der Waals surface area contributed by atoms with Crippen LogP contribution in [0.5, 0.6) is 17.2 Å². The van der Waals surface area contributed by atoms with Crippen LogP contribution in [0.3, 0.4) is 0 Å². The summed E-state index contributed by atoms with van der Waals surface area (Å²) in [6.45, 7) is 4.37. The zero-order valence-electron chi connectivity index (χ0n) is 20.7. The number of fused-ring (bicyclic) bond motifs is 2. The summed E-state index contributed by atoms with van der Waals surface area (Å²) < 4.78 is 12.1. The van der Waals surface area contributed by atoms with Gasteiger partial charge < -0.3 is 19.7 Å². The van der Waals surface area contributed by atoms with Gasteiger partial charge in [-0.3, -0.25) is 14.5 Å². The molecule has 8 nitrogen and oxygen atoms in total. The number of aromatic hydroxyl groups is 1. The van der Waals surface area contributed by atoms with Crippen LogP contribution in [0.2, 0.25) is 0 Å². The number of ether oxygens (including phenoxy) is 2. The molecule has 192 valence electrons. The zero-order valence-corrected chi connectivity index (χ0v) is 21.5. The molecule has 3 heterocycles. The minimum atomic E-state index is -0.988. The zero-order chi connectivity index (χ0) is 26.6. The Hall–Kier alpha value is -4.37. The van der Waals surface area contributed by atoms with Crippen molar-refractivity contribution in [2.75, 3.05) is 11.5 Å². The molecule has 0 saturated carbocycles. The van der Waals surface area contributed by atoms with Gasteiger partial charge in [-0.05, 0) is 73.5 Å². The van der Waals surface area contributed by atoms with Gasteiger partial charge in [0.1, 0.15) is 29.1 Å². The van der Waals surface area contributed by atoms with E-state index in [1.54, 1.807) is 42.5 Å². The highest BCUT2D eigenvalue weighted by Crippen LogP contribution is 2.45. The second-order valence-electron chi connectivity index (χ2n) is 9.28. The number of phenols is 1. The first-order valence-corrected chi connectivity index (χ1v) is 13.1. The SMILES string of the molecule is CCOc1ccc2nc(N3C(=O)C(=O)C(=C(O)c4ccc5c(c4)C[C@H](C)O5)[C@@H]3c3cccc(O)c3)sc2c1. The highest BCUT2D eigenvalue weighted by Gasteiger charge is 2.48. The van der Waals surface area contributed by atoms with Crippen molar-refractivity contribution in [1.82, 2.24) is 4.98 Å². The third kappa shape index (κ3) is 3.95. The van der Waals surface area contributed by atoms with Crippen molar-refractivity contribution in [3.8, 4) is 17.2 Å². The number of phenolic OH excluding ortho intramolecular Hbond substituents is 1. The van der Waals surface area contributed by atoms with E-state index in [1.165, 1.54) is 28.4 Å². The van der Waals surface area contributed by atoms with E-state index in [0.29, 0.717) is 40.6 Å². The molecule has 2 N–H and O–H groups in total. The fraction of sp³-hybridized carbons (Fsp3) is 0.207. The van der Waals surface area contributed by atoms with Crippen LogP contribution in [0.1, 0.15) is 36.6 Å². The summed E-state index contributed by atoms with van der Waals surface area (Å²) in [6, 6.07) is 16.0. The van der Waals surface area contributed by atoms with E-state index >= 15 is 0 Å². The van der Waals surface area contributed by atoms with Crippen LogP contribution in [0, 0.1) is 0 Å². The van der Waals surface area contributed by atoms with Crippen LogP contribution in [-0.4, -0.2) is 39.6 Å². The van der Waals surface area contributed by atoms with Crippen LogP contribution in [0.25, 0.3) is 16.0 Å². The molecule has 0 aliphatic carbocycles. The van der Waals surface area contributed by atoms with Gasteiger partial charge in [-0.1, -0.05) is 23.5 Å². The summed E-state index contributed by atoms with van der Waals surface area (Å²) in [4.78, 5) is 32.9. The number of nitrogens with zero attached hydrogens (tertiary/aromatic N) is 2. The van der Waals surface area contributed by atoms with Crippen molar-refractivity contribution >= 4 is 44.1 Å². The summed E-state index contributed by atoms with van der Waals surface area (Å²) in [6.07, 6.45) is 0.693. The number of thiazole rings is 1. The molecule has 1 fully saturated rings. The minimum Gasteiger partial charge on any atom is -0.508 e. The standard InChI is InChI=1S/C29H24N2O6S/c1-3-36-20-8-9-21-23(14-20)38-29(30-21)31-25(16-5-4-6-19(32)13-16)24(27(34)28(31)35)26(33)17-7-10-22-18(12-17)11-15(2)37-22/h4-10,12-15,25,32-33H,3,11H2,1-2H3/t15-,25-/m0/s1. The van der Waals surface area contributed by atoms with E-state index in [2.05, 4.69) is 4.98 Å². The molecular weight excluding hydrogens is 504 g/mol. The number of anilines is 1. The van der Waals surface area contributed by atoms with Gasteiger partial charge in [0.15, 0.2) is 5.13 Å². The van der Waals surface area contributed by atoms with Crippen molar-refractivity contribution in [3.05, 3.63) is 82.9 Å². The topological polar surface area (TPSA) is 109 Å². The van der Waals surface area contributed by atoms with Crippen LogP contribution < -0.4 is 14.4 Å². The fourth-order valence-corrected chi connectivity index (χ4v) is 6.04. The molecular formula is C29H24N2O6S. The number of benzene rings is 3. The van der Waals surface area contributed by atoms with Crippen LogP contribution in [0.4, 0.5) is 5.13 Å². The third-order valence-corrected chi connectivity index (χ3v) is 7.68. The van der Waals surface area contributed by atoms with Gasteiger partial charge in [-0.15, -0.1) is 0 Å². The monoisotopic (exact) mass is 528 g/mol. The first-order chi connectivity index (χ1) is 18.3. The van der Waals surface area contributed by atoms with Gasteiger partial charge in [0.25, 0.3) is 5.78 Å². The Morgan fingerprint density at radius 3 is 2.79 bits per heavy atom. The number of aliphatic hydroxyl groups is 1. The summed E-state index contributed by atoms with van der Waals surface area (Å²) in [5, 5.41) is 22.0. The second-order valence-corrected chi connectivity index (χ2v) is 10.3. The van der Waals surface area contributed by atoms with E-state index in [-0.39, 0.29) is 23.2 Å². The number of amides is 1. The quantitative estimate of drug-likeness (QED) is 0.204. The molecule has 0 radical (unpaired) electrons. The molecule has 38 heavy (non-hydrogen) atoms. The highest BCUT2D eigenvalue weighted by molar-refractivity contribution is 7.22. The van der Waals surface area contributed by atoms with Crippen LogP contribution in [0.15, 0.2) is 66.2 Å². The number of carbonyl (C=O) groups is 2. The Morgan fingerprint density at radius 2 is 2.00 bits per heavy atom. The number of ketones is 1. The van der Waals surface area contributed by atoms with E-state index in [9.17, 15) is 19.8 Å². The molecule has 0 unspecified atom stereocenters. The van der Waals surface area contributed by atoms with Crippen molar-refractivity contribution < 1.29 is 29.3 Å². The molecule has 4 aromatic rings. The van der Waals surface area contributed by atoms with Gasteiger partial charge in [0, 0.05) is 12.0 Å². The number of hydrogen-bond donors (Lipinski definition) is 2. The number of rotatable bonds is 5. The molecule has 6 rings (SSSR count). The summed E-state index contributed by atoms with van der Waals surface area (Å²) in [7, 11) is 0. The van der Waals surface area contributed by atoms with Crippen molar-refractivity contribution in [1.29, 1.82) is 0 Å². The maximum atomic E-state index is 13.5. The smallest absolute Gasteiger partial charge is 0.301 e. The first kappa shape index (κ1) is 24.0. The Morgan fingerprint density at radius 1 is 1.16 bits per heavy atom. The Balaban J connectivity index is 1.51. The molecule has 1 amide bonds. The van der Waals surface area contributed by atoms with Gasteiger partial charge >= 0.3 is 5.91 Å².